The third kappa shape index (κ3) is 4.68. The van der Waals surface area contributed by atoms with E-state index in [1.165, 1.54) is 0 Å². The van der Waals surface area contributed by atoms with E-state index < -0.39 is 16.0 Å². The lowest BCUT2D eigenvalue weighted by Gasteiger charge is -2.19. The van der Waals surface area contributed by atoms with Crippen molar-refractivity contribution in [3.8, 4) is 0 Å². The van der Waals surface area contributed by atoms with Crippen molar-refractivity contribution in [3.05, 3.63) is 40.0 Å². The Hall–Kier alpha value is -1.66. The number of hydrogen-bond donors (Lipinski definition) is 1. The number of carbonyl (C=O) groups excluding carboxylic acids is 1. The molecule has 0 aliphatic heterocycles. The number of nitrogens with one attached hydrogen (secondary N) is 1. The van der Waals surface area contributed by atoms with Crippen LogP contribution in [0.3, 0.4) is 0 Å². The molecule has 0 bridgehead atoms. The fraction of sp³-hybridized carbons (Fsp3) is 0.500. The number of hydrogen-bond acceptors (Lipinski definition) is 4. The Balaban J connectivity index is 2.89. The van der Waals surface area contributed by atoms with Crippen molar-refractivity contribution < 1.29 is 17.9 Å². The van der Waals surface area contributed by atoms with Crippen LogP contribution < -0.4 is 4.72 Å². The summed E-state index contributed by atoms with van der Waals surface area (Å²) in [5, 5.41) is 0. The van der Waals surface area contributed by atoms with Gasteiger partial charge >= 0.3 is 5.97 Å². The van der Waals surface area contributed by atoms with Crippen LogP contribution in [0.2, 0.25) is 0 Å². The molecular weight excluding hydrogens is 326 g/mol. The summed E-state index contributed by atoms with van der Waals surface area (Å²) in [5.41, 5.74) is 4.56. The second kappa shape index (κ2) is 8.44. The molecule has 0 radical (unpaired) electrons. The molecular formula is C18H27NO4S. The van der Waals surface area contributed by atoms with Gasteiger partial charge in [-0.25, -0.2) is 13.1 Å². The van der Waals surface area contributed by atoms with Gasteiger partial charge in [-0.1, -0.05) is 12.2 Å². The molecule has 1 N–H and O–H groups in total. The van der Waals surface area contributed by atoms with Crippen molar-refractivity contribution in [3.63, 3.8) is 0 Å². The lowest BCUT2D eigenvalue weighted by atomic mass is 9.95. The van der Waals surface area contributed by atoms with Crippen LogP contribution in [0.4, 0.5) is 0 Å². The zero-order valence-corrected chi connectivity index (χ0v) is 16.1. The summed E-state index contributed by atoms with van der Waals surface area (Å²) in [5.74, 6) is -0.430. The Morgan fingerprint density at radius 1 is 1.00 bits per heavy atom. The fourth-order valence-corrected chi connectivity index (χ4v) is 4.17. The van der Waals surface area contributed by atoms with Crippen molar-refractivity contribution in [2.75, 3.05) is 13.2 Å². The molecule has 134 valence electrons. The third-order valence-corrected chi connectivity index (χ3v) is 6.13. The van der Waals surface area contributed by atoms with Gasteiger partial charge in [-0.15, -0.1) is 0 Å². The van der Waals surface area contributed by atoms with Gasteiger partial charge in [-0.05, 0) is 69.4 Å². The van der Waals surface area contributed by atoms with Crippen LogP contribution in [-0.4, -0.2) is 27.5 Å². The van der Waals surface area contributed by atoms with Gasteiger partial charge < -0.3 is 4.74 Å². The van der Waals surface area contributed by atoms with E-state index in [9.17, 15) is 13.2 Å². The number of carbonyl (C=O) groups is 1. The van der Waals surface area contributed by atoms with Crippen LogP contribution >= 0.6 is 0 Å². The third-order valence-electron chi connectivity index (χ3n) is 4.40. The Bertz CT molecular complexity index is 720. The molecule has 1 rings (SSSR count). The lowest BCUT2D eigenvalue weighted by molar-refractivity contribution is -0.142. The van der Waals surface area contributed by atoms with Crippen molar-refractivity contribution in [1.29, 1.82) is 0 Å². The van der Waals surface area contributed by atoms with E-state index in [0.717, 1.165) is 27.8 Å². The molecule has 0 saturated carbocycles. The normalized spacial score (nSPS) is 11.9. The Morgan fingerprint density at radius 2 is 1.50 bits per heavy atom. The highest BCUT2D eigenvalue weighted by Gasteiger charge is 2.23. The number of ether oxygens (including phenoxy) is 1. The highest BCUT2D eigenvalue weighted by molar-refractivity contribution is 7.89. The fourth-order valence-electron chi connectivity index (χ4n) is 2.54. The topological polar surface area (TPSA) is 72.5 Å². The molecule has 6 heteroatoms. The van der Waals surface area contributed by atoms with Gasteiger partial charge in [0.2, 0.25) is 10.0 Å². The van der Waals surface area contributed by atoms with Crippen molar-refractivity contribution in [1.82, 2.24) is 4.72 Å². The molecule has 1 aromatic rings. The largest absolute Gasteiger partial charge is 0.461 e. The van der Waals surface area contributed by atoms with E-state index in [1.807, 2.05) is 41.5 Å². The minimum atomic E-state index is -3.68. The quantitative estimate of drug-likeness (QED) is 0.604. The van der Waals surface area contributed by atoms with Crippen LogP contribution in [0, 0.1) is 34.6 Å². The average Bonchev–Trinajstić information content (AvgIpc) is 2.51. The summed E-state index contributed by atoms with van der Waals surface area (Å²) in [6.07, 6.45) is 3.49. The predicted octanol–water partition coefficient (Wildman–Crippen LogP) is 3.02. The molecule has 0 amide bonds. The zero-order chi connectivity index (χ0) is 18.5. The van der Waals surface area contributed by atoms with Crippen molar-refractivity contribution in [2.45, 2.75) is 52.9 Å². The van der Waals surface area contributed by atoms with Crippen LogP contribution in [0.15, 0.2) is 17.0 Å². The predicted molar refractivity (Wildman–Crippen MR) is 95.7 cm³/mol. The summed E-state index contributed by atoms with van der Waals surface area (Å²) >= 11 is 0. The maximum atomic E-state index is 12.7. The molecule has 0 aliphatic carbocycles. The first-order valence-electron chi connectivity index (χ1n) is 7.96. The van der Waals surface area contributed by atoms with E-state index in [2.05, 4.69) is 4.72 Å². The maximum absolute atomic E-state index is 12.7. The van der Waals surface area contributed by atoms with Crippen LogP contribution in [0.25, 0.3) is 0 Å². The molecule has 0 aliphatic rings. The maximum Gasteiger partial charge on any atom is 0.307 e. The van der Waals surface area contributed by atoms with E-state index in [1.54, 1.807) is 12.2 Å². The first-order valence-corrected chi connectivity index (χ1v) is 9.45. The van der Waals surface area contributed by atoms with Gasteiger partial charge in [-0.3, -0.25) is 4.79 Å². The second-order valence-corrected chi connectivity index (χ2v) is 7.56. The van der Waals surface area contributed by atoms with Crippen molar-refractivity contribution >= 4 is 16.0 Å². The van der Waals surface area contributed by atoms with E-state index in [-0.39, 0.29) is 19.6 Å². The van der Waals surface area contributed by atoms with Crippen LogP contribution in [0.5, 0.6) is 0 Å². The molecule has 5 nitrogen and oxygen atoms in total. The van der Waals surface area contributed by atoms with Gasteiger partial charge in [0, 0.05) is 6.54 Å². The second-order valence-electron chi connectivity index (χ2n) is 5.85. The SMILES string of the molecule is C/C=C/COC(=O)CCNS(=O)(=O)c1c(C)c(C)c(C)c(C)c1C. The van der Waals surface area contributed by atoms with Gasteiger partial charge in [0.1, 0.15) is 6.61 Å². The summed E-state index contributed by atoms with van der Waals surface area (Å²) < 4.78 is 32.8. The number of allylic oxidation sites excluding steroid dienone is 1. The summed E-state index contributed by atoms with van der Waals surface area (Å²) in [6, 6.07) is 0. The van der Waals surface area contributed by atoms with E-state index in [4.69, 9.17) is 4.74 Å². The lowest BCUT2D eigenvalue weighted by Crippen LogP contribution is -2.28. The minimum absolute atomic E-state index is 0.00128. The Kier molecular flexibility index (Phi) is 7.17. The highest BCUT2D eigenvalue weighted by Crippen LogP contribution is 2.29. The zero-order valence-electron chi connectivity index (χ0n) is 15.3. The van der Waals surface area contributed by atoms with Gasteiger partial charge in [0.15, 0.2) is 0 Å². The van der Waals surface area contributed by atoms with E-state index in [0.29, 0.717) is 4.90 Å². The van der Waals surface area contributed by atoms with Crippen LogP contribution in [-0.2, 0) is 19.6 Å². The van der Waals surface area contributed by atoms with Crippen LogP contribution in [0.1, 0.15) is 41.2 Å². The number of sulfonamides is 1. The molecule has 0 unspecified atom stereocenters. The smallest absolute Gasteiger partial charge is 0.307 e. The van der Waals surface area contributed by atoms with E-state index >= 15 is 0 Å². The molecule has 0 saturated heterocycles. The number of esters is 1. The minimum Gasteiger partial charge on any atom is -0.461 e. The molecule has 0 atom stereocenters. The average molecular weight is 353 g/mol. The Labute approximate surface area is 145 Å². The molecule has 0 aromatic heterocycles. The first-order chi connectivity index (χ1) is 11.1. The standard InChI is InChI=1S/C18H27NO4S/c1-7-8-11-23-17(20)9-10-19-24(21,22)18-15(5)13(3)12(2)14(4)16(18)6/h7-8,19H,9-11H2,1-6H3/b8-7+. The highest BCUT2D eigenvalue weighted by atomic mass is 32.2. The molecule has 24 heavy (non-hydrogen) atoms. The molecule has 0 heterocycles. The van der Waals surface area contributed by atoms with Gasteiger partial charge in [0.05, 0.1) is 11.3 Å². The summed E-state index contributed by atoms with van der Waals surface area (Å²) in [4.78, 5) is 11.8. The summed E-state index contributed by atoms with van der Waals surface area (Å²) in [6.45, 7) is 11.5. The number of benzene rings is 1. The number of rotatable bonds is 7. The van der Waals surface area contributed by atoms with Gasteiger partial charge in [0.25, 0.3) is 0 Å². The molecule has 0 spiro atoms. The first kappa shape index (κ1) is 20.4. The van der Waals surface area contributed by atoms with Crippen molar-refractivity contribution in [2.24, 2.45) is 0 Å². The molecule has 0 fully saturated rings. The van der Waals surface area contributed by atoms with Gasteiger partial charge in [-0.2, -0.15) is 0 Å². The monoisotopic (exact) mass is 353 g/mol. The Morgan fingerprint density at radius 3 is 2.00 bits per heavy atom. The molecule has 1 aromatic carbocycles. The summed E-state index contributed by atoms with van der Waals surface area (Å²) in [7, 11) is -3.68.